The number of ether oxygens (including phenoxy) is 1. The van der Waals surface area contributed by atoms with Gasteiger partial charge >= 0.3 is 5.97 Å². The lowest BCUT2D eigenvalue weighted by Gasteiger charge is -2.33. The largest absolute Gasteiger partial charge is 0.453 e. The molecule has 0 aromatic rings. The van der Waals surface area contributed by atoms with Crippen molar-refractivity contribution in [1.29, 1.82) is 0 Å². The van der Waals surface area contributed by atoms with Crippen LogP contribution in [0.2, 0.25) is 0 Å². The highest BCUT2D eigenvalue weighted by molar-refractivity contribution is 8.15. The summed E-state index contributed by atoms with van der Waals surface area (Å²) in [6, 6.07) is 0.128. The fraction of sp³-hybridized carbons (Fsp3) is 0.368. The van der Waals surface area contributed by atoms with E-state index in [4.69, 9.17) is 9.73 Å². The van der Waals surface area contributed by atoms with Gasteiger partial charge in [0, 0.05) is 25.7 Å². The van der Waals surface area contributed by atoms with Crippen molar-refractivity contribution in [2.45, 2.75) is 24.3 Å². The van der Waals surface area contributed by atoms with Crippen molar-refractivity contribution in [3.05, 3.63) is 59.4 Å². The van der Waals surface area contributed by atoms with E-state index in [1.54, 1.807) is 11.8 Å². The molecule has 0 amide bonds. The summed E-state index contributed by atoms with van der Waals surface area (Å²) >= 11 is 1.66. The number of nitrogens with zero attached hydrogens (tertiary/aromatic N) is 2. The smallest absolute Gasteiger partial charge is 0.341 e. The van der Waals surface area contributed by atoms with Crippen molar-refractivity contribution < 1.29 is 9.53 Å². The van der Waals surface area contributed by atoms with Crippen molar-refractivity contribution in [2.24, 2.45) is 10.9 Å². The van der Waals surface area contributed by atoms with Gasteiger partial charge in [0.25, 0.3) is 0 Å². The predicted octanol–water partition coefficient (Wildman–Crippen LogP) is 2.87. The second-order valence-electron chi connectivity index (χ2n) is 6.58. The highest BCUT2D eigenvalue weighted by Gasteiger charge is 2.40. The third-order valence-corrected chi connectivity index (χ3v) is 6.05. The van der Waals surface area contributed by atoms with Gasteiger partial charge in [0.15, 0.2) is 0 Å². The van der Waals surface area contributed by atoms with Crippen LogP contribution < -0.4 is 0 Å². The van der Waals surface area contributed by atoms with Gasteiger partial charge in [-0.2, -0.15) is 0 Å². The second-order valence-corrected chi connectivity index (χ2v) is 7.74. The average molecular weight is 340 g/mol. The fourth-order valence-electron chi connectivity index (χ4n) is 3.42. The van der Waals surface area contributed by atoms with E-state index in [9.17, 15) is 4.79 Å². The number of carbonyl (C=O) groups excluding carboxylic acids is 1. The standard InChI is InChI=1S/C19H20N2O2S/c1-11-13-9-8-12(21(2)3)10-15(13)23-19(22)17(11)18-20-14-6-4-5-7-16(14)24-18/h4-10,13-16H,1-3H3. The normalized spacial score (nSPS) is 33.7. The summed E-state index contributed by atoms with van der Waals surface area (Å²) in [5.41, 5.74) is 2.78. The molecule has 4 rings (SSSR count). The molecule has 5 heteroatoms. The lowest BCUT2D eigenvalue weighted by atomic mass is 9.85. The molecule has 4 atom stereocenters. The number of aliphatic imine (C=N–C) groups is 1. The fourth-order valence-corrected chi connectivity index (χ4v) is 4.68. The van der Waals surface area contributed by atoms with E-state index in [1.807, 2.05) is 44.1 Å². The first-order valence-electron chi connectivity index (χ1n) is 8.13. The third-order valence-electron chi connectivity index (χ3n) is 4.81. The maximum Gasteiger partial charge on any atom is 0.341 e. The van der Waals surface area contributed by atoms with Gasteiger partial charge in [-0.3, -0.25) is 4.99 Å². The van der Waals surface area contributed by atoms with E-state index >= 15 is 0 Å². The van der Waals surface area contributed by atoms with Crippen LogP contribution in [0.4, 0.5) is 0 Å². The molecule has 0 bridgehead atoms. The van der Waals surface area contributed by atoms with Crippen LogP contribution in [0.15, 0.2) is 64.4 Å². The Kier molecular flexibility index (Phi) is 3.76. The van der Waals surface area contributed by atoms with Crippen molar-refractivity contribution >= 4 is 22.8 Å². The van der Waals surface area contributed by atoms with Gasteiger partial charge in [-0.1, -0.05) is 42.1 Å². The van der Waals surface area contributed by atoms with Crippen LogP contribution in [0, 0.1) is 5.92 Å². The van der Waals surface area contributed by atoms with Gasteiger partial charge in [0.2, 0.25) is 0 Å². The zero-order valence-electron chi connectivity index (χ0n) is 14.0. The lowest BCUT2D eigenvalue weighted by Crippen LogP contribution is -2.36. The summed E-state index contributed by atoms with van der Waals surface area (Å²) in [7, 11) is 3.98. The molecule has 24 heavy (non-hydrogen) atoms. The number of allylic oxidation sites excluding steroid dienone is 3. The summed E-state index contributed by atoms with van der Waals surface area (Å²) in [6.07, 6.45) is 14.3. The Balaban J connectivity index is 1.67. The zero-order valence-corrected chi connectivity index (χ0v) is 14.8. The summed E-state index contributed by atoms with van der Waals surface area (Å²) in [6.45, 7) is 2.03. The Morgan fingerprint density at radius 3 is 2.75 bits per heavy atom. The molecule has 124 valence electrons. The van der Waals surface area contributed by atoms with Gasteiger partial charge < -0.3 is 9.64 Å². The molecule has 4 aliphatic rings. The van der Waals surface area contributed by atoms with Crippen LogP contribution in [0.3, 0.4) is 0 Å². The van der Waals surface area contributed by atoms with E-state index in [0.717, 1.165) is 16.3 Å². The molecule has 0 saturated heterocycles. The Bertz CT molecular complexity index is 770. The van der Waals surface area contributed by atoms with E-state index in [1.165, 1.54) is 0 Å². The highest BCUT2D eigenvalue weighted by Crippen LogP contribution is 2.40. The number of hydrogen-bond acceptors (Lipinski definition) is 5. The van der Waals surface area contributed by atoms with Crippen molar-refractivity contribution in [3.63, 3.8) is 0 Å². The van der Waals surface area contributed by atoms with Crippen LogP contribution in [0.25, 0.3) is 0 Å². The second kappa shape index (κ2) is 5.81. The Hall–Kier alpha value is -2.01. The molecule has 2 aliphatic carbocycles. The molecule has 0 saturated carbocycles. The molecule has 0 radical (unpaired) electrons. The first kappa shape index (κ1) is 15.5. The summed E-state index contributed by atoms with van der Waals surface area (Å²) in [4.78, 5) is 19.4. The van der Waals surface area contributed by atoms with E-state index in [-0.39, 0.29) is 29.3 Å². The van der Waals surface area contributed by atoms with Crippen molar-refractivity contribution in [1.82, 2.24) is 4.90 Å². The predicted molar refractivity (Wildman–Crippen MR) is 97.9 cm³/mol. The van der Waals surface area contributed by atoms with E-state index in [0.29, 0.717) is 5.57 Å². The molecular weight excluding hydrogens is 320 g/mol. The minimum atomic E-state index is -0.253. The van der Waals surface area contributed by atoms with Gasteiger partial charge in [-0.15, -0.1) is 0 Å². The SMILES string of the molecule is CC1=C(C2=NC3C=CC=CC3S2)C(=O)OC2C=C(N(C)C)C=CC12. The lowest BCUT2D eigenvalue weighted by molar-refractivity contribution is -0.144. The Morgan fingerprint density at radius 1 is 1.21 bits per heavy atom. The molecule has 2 aliphatic heterocycles. The van der Waals surface area contributed by atoms with Crippen molar-refractivity contribution in [3.8, 4) is 0 Å². The molecule has 0 aromatic carbocycles. The van der Waals surface area contributed by atoms with Gasteiger partial charge in [0.1, 0.15) is 11.1 Å². The summed E-state index contributed by atoms with van der Waals surface area (Å²) in [5, 5.41) is 1.11. The molecule has 0 aromatic heterocycles. The highest BCUT2D eigenvalue weighted by atomic mass is 32.2. The van der Waals surface area contributed by atoms with E-state index < -0.39 is 0 Å². The number of likely N-dealkylation sites (N-methyl/N-ethyl adjacent to an activating group) is 1. The van der Waals surface area contributed by atoms with E-state index in [2.05, 4.69) is 24.3 Å². The number of fused-ring (bicyclic) bond motifs is 2. The van der Waals surface area contributed by atoms with Crippen LogP contribution in [-0.2, 0) is 9.53 Å². The quantitative estimate of drug-likeness (QED) is 0.725. The molecule has 4 nitrogen and oxygen atoms in total. The number of hydrogen-bond donors (Lipinski definition) is 0. The average Bonchev–Trinajstić information content (AvgIpc) is 2.97. The maximum atomic E-state index is 12.7. The molecule has 0 spiro atoms. The van der Waals surface area contributed by atoms with Crippen LogP contribution in [0.1, 0.15) is 6.92 Å². The third kappa shape index (κ3) is 2.47. The minimum Gasteiger partial charge on any atom is -0.453 e. The van der Waals surface area contributed by atoms with Gasteiger partial charge in [0.05, 0.1) is 16.9 Å². The molecule has 0 fully saturated rings. The molecule has 2 heterocycles. The van der Waals surface area contributed by atoms with Crippen molar-refractivity contribution in [2.75, 3.05) is 14.1 Å². The number of thioether (sulfide) groups is 1. The first-order chi connectivity index (χ1) is 11.5. The number of esters is 1. The zero-order chi connectivity index (χ0) is 16.8. The number of carbonyl (C=O) groups is 1. The summed E-state index contributed by atoms with van der Waals surface area (Å²) in [5.74, 6) is -0.158. The Morgan fingerprint density at radius 2 is 2.00 bits per heavy atom. The molecular formula is C19H20N2O2S. The van der Waals surface area contributed by atoms with Gasteiger partial charge in [-0.05, 0) is 24.6 Å². The monoisotopic (exact) mass is 340 g/mol. The van der Waals surface area contributed by atoms with Crippen LogP contribution in [0.5, 0.6) is 0 Å². The van der Waals surface area contributed by atoms with Crippen LogP contribution in [-0.4, -0.2) is 47.4 Å². The van der Waals surface area contributed by atoms with Crippen LogP contribution >= 0.6 is 11.8 Å². The minimum absolute atomic E-state index is 0.0958. The first-order valence-corrected chi connectivity index (χ1v) is 9.01. The summed E-state index contributed by atoms with van der Waals surface area (Å²) < 4.78 is 5.74. The maximum absolute atomic E-state index is 12.7. The molecule has 4 unspecified atom stereocenters. The number of rotatable bonds is 2. The topological polar surface area (TPSA) is 41.9 Å². The van der Waals surface area contributed by atoms with Gasteiger partial charge in [-0.25, -0.2) is 4.79 Å². The molecule has 0 N–H and O–H groups in total. The Labute approximate surface area is 146 Å².